The summed E-state index contributed by atoms with van der Waals surface area (Å²) in [5.74, 6) is 1.02. The summed E-state index contributed by atoms with van der Waals surface area (Å²) >= 11 is 0. The molecule has 0 nitrogen and oxygen atoms in total. The van der Waals surface area contributed by atoms with Crippen molar-refractivity contribution in [2.24, 2.45) is 0 Å². The summed E-state index contributed by atoms with van der Waals surface area (Å²) in [5, 5.41) is 0.637. The average molecular weight is 348 g/mol. The van der Waals surface area contributed by atoms with E-state index in [4.69, 9.17) is 0 Å². The molecule has 0 N–H and O–H groups in total. The third-order valence-electron chi connectivity index (χ3n) is 2.81. The first-order chi connectivity index (χ1) is 10.0. The van der Waals surface area contributed by atoms with Gasteiger partial charge in [-0.05, 0) is 18.6 Å². The van der Waals surface area contributed by atoms with Crippen LogP contribution in [0.15, 0.2) is 29.2 Å². The second kappa shape index (κ2) is 7.61. The Morgan fingerprint density at radius 2 is 1.68 bits per heavy atom. The molecular weight excluding hydrogens is 332 g/mol. The highest BCUT2D eigenvalue weighted by atomic mass is 32.2. The van der Waals surface area contributed by atoms with Crippen LogP contribution in [0.1, 0.15) is 31.7 Å². The lowest BCUT2D eigenvalue weighted by Crippen LogP contribution is -2.14. The molecule has 1 fully saturated rings. The topological polar surface area (TPSA) is 0 Å². The molecule has 0 spiro atoms. The monoisotopic (exact) mass is 348 g/mol. The normalized spacial score (nSPS) is 16.7. The van der Waals surface area contributed by atoms with Gasteiger partial charge in [-0.2, -0.15) is 13.2 Å². The Morgan fingerprint density at radius 1 is 1.14 bits per heavy atom. The summed E-state index contributed by atoms with van der Waals surface area (Å²) in [6.45, 7) is 2.09. The Balaban J connectivity index is 0.000000422. The summed E-state index contributed by atoms with van der Waals surface area (Å²) in [6.07, 6.45) is -0.824. The molecule has 1 unspecified atom stereocenters. The molecular formula is C13H16BF7S. The van der Waals surface area contributed by atoms with E-state index < -0.39 is 19.0 Å². The predicted octanol–water partition coefficient (Wildman–Crippen LogP) is 5.56. The number of halogens is 7. The first kappa shape index (κ1) is 19.2. The molecule has 1 atom stereocenters. The molecule has 126 valence electrons. The lowest BCUT2D eigenvalue weighted by atomic mass is 10.2. The van der Waals surface area contributed by atoms with Crippen molar-refractivity contribution in [2.45, 2.75) is 42.5 Å². The number of hydrogen-bond acceptors (Lipinski definition) is 0. The highest BCUT2D eigenvalue weighted by molar-refractivity contribution is 7.97. The maximum Gasteiger partial charge on any atom is 0.673 e. The van der Waals surface area contributed by atoms with Crippen LogP contribution in [0.3, 0.4) is 0 Å². The summed E-state index contributed by atoms with van der Waals surface area (Å²) in [5.41, 5.74) is -0.510. The first-order valence-corrected chi connectivity index (χ1v) is 8.22. The fourth-order valence-corrected chi connectivity index (χ4v) is 4.52. The SMILES string of the molecule is CCC[S+](c1cccc(C(F)(F)F)c1)C1CC1.F[B-](F)(F)F. The second-order valence-corrected chi connectivity index (χ2v) is 7.26. The molecule has 0 aliphatic heterocycles. The summed E-state index contributed by atoms with van der Waals surface area (Å²) in [6, 6.07) is 5.89. The van der Waals surface area contributed by atoms with E-state index in [2.05, 4.69) is 6.92 Å². The van der Waals surface area contributed by atoms with Crippen molar-refractivity contribution in [3.05, 3.63) is 29.8 Å². The number of hydrogen-bond donors (Lipinski definition) is 0. The highest BCUT2D eigenvalue weighted by Crippen LogP contribution is 2.38. The smallest absolute Gasteiger partial charge is 0.418 e. The summed E-state index contributed by atoms with van der Waals surface area (Å²) < 4.78 is 76.9. The summed E-state index contributed by atoms with van der Waals surface area (Å²) in [4.78, 5) is 0.893. The minimum Gasteiger partial charge on any atom is -0.418 e. The van der Waals surface area contributed by atoms with Crippen molar-refractivity contribution in [1.82, 2.24) is 0 Å². The number of benzene rings is 1. The highest BCUT2D eigenvalue weighted by Gasteiger charge is 2.42. The largest absolute Gasteiger partial charge is 0.673 e. The standard InChI is InChI=1S/C13H16F3S.BF4/c1-2-8-17(11-6-7-11)12-5-3-4-10(9-12)13(14,15)16;2-1(3,4)5/h3-5,9,11H,2,6-8H2,1H3;/q+1;-1. The van der Waals surface area contributed by atoms with E-state index in [9.17, 15) is 30.4 Å². The fourth-order valence-electron chi connectivity index (χ4n) is 1.88. The molecule has 0 aromatic heterocycles. The van der Waals surface area contributed by atoms with Crippen molar-refractivity contribution in [3.63, 3.8) is 0 Å². The zero-order valence-electron chi connectivity index (χ0n) is 11.8. The van der Waals surface area contributed by atoms with Crippen LogP contribution in [0.4, 0.5) is 30.4 Å². The maximum atomic E-state index is 12.6. The van der Waals surface area contributed by atoms with E-state index in [0.717, 1.165) is 23.1 Å². The van der Waals surface area contributed by atoms with Gasteiger partial charge in [-0.3, -0.25) is 0 Å². The van der Waals surface area contributed by atoms with E-state index in [-0.39, 0.29) is 10.9 Å². The van der Waals surface area contributed by atoms with Crippen molar-refractivity contribution in [2.75, 3.05) is 5.75 Å². The van der Waals surface area contributed by atoms with E-state index in [1.165, 1.54) is 25.0 Å². The molecule has 1 saturated carbocycles. The third kappa shape index (κ3) is 7.42. The van der Waals surface area contributed by atoms with Gasteiger partial charge in [0.2, 0.25) is 0 Å². The second-order valence-electron chi connectivity index (χ2n) is 4.85. The molecule has 1 aliphatic rings. The Bertz CT molecular complexity index is 462. The first-order valence-electron chi connectivity index (χ1n) is 6.76. The van der Waals surface area contributed by atoms with E-state index in [1.54, 1.807) is 0 Å². The van der Waals surface area contributed by atoms with Gasteiger partial charge in [0.15, 0.2) is 4.90 Å². The van der Waals surface area contributed by atoms with Crippen LogP contribution in [0.5, 0.6) is 0 Å². The molecule has 0 saturated heterocycles. The van der Waals surface area contributed by atoms with Crippen molar-refractivity contribution in [1.29, 1.82) is 0 Å². The Hall–Kier alpha value is -0.855. The quantitative estimate of drug-likeness (QED) is 0.380. The van der Waals surface area contributed by atoms with Crippen LogP contribution in [-0.2, 0) is 17.1 Å². The minimum atomic E-state index is -6.00. The zero-order valence-corrected chi connectivity index (χ0v) is 12.7. The molecule has 1 aliphatic carbocycles. The zero-order chi connectivity index (χ0) is 17.0. The molecule has 1 aromatic rings. The average Bonchev–Trinajstić information content (AvgIpc) is 3.17. The fraction of sp³-hybridized carbons (Fsp3) is 0.538. The molecule has 2 rings (SSSR count). The Kier molecular flexibility index (Phi) is 6.64. The predicted molar refractivity (Wildman–Crippen MR) is 75.4 cm³/mol. The molecule has 0 radical (unpaired) electrons. The van der Waals surface area contributed by atoms with Crippen molar-refractivity contribution < 1.29 is 30.4 Å². The van der Waals surface area contributed by atoms with E-state index >= 15 is 0 Å². The Morgan fingerprint density at radius 3 is 2.09 bits per heavy atom. The number of alkyl halides is 3. The summed E-state index contributed by atoms with van der Waals surface area (Å²) in [7, 11) is -5.97. The van der Waals surface area contributed by atoms with Crippen LogP contribution in [0.2, 0.25) is 0 Å². The van der Waals surface area contributed by atoms with Crippen LogP contribution in [0, 0.1) is 0 Å². The van der Waals surface area contributed by atoms with Gasteiger partial charge in [-0.15, -0.1) is 0 Å². The molecule has 0 bridgehead atoms. The van der Waals surface area contributed by atoms with Crippen LogP contribution in [-0.4, -0.2) is 18.3 Å². The van der Waals surface area contributed by atoms with E-state index in [1.807, 2.05) is 6.07 Å². The van der Waals surface area contributed by atoms with Gasteiger partial charge in [-0.1, -0.05) is 13.0 Å². The van der Waals surface area contributed by atoms with Crippen molar-refractivity contribution in [3.8, 4) is 0 Å². The molecule has 0 heterocycles. The van der Waals surface area contributed by atoms with Gasteiger partial charge in [0.05, 0.1) is 5.56 Å². The minimum absolute atomic E-state index is 0.0264. The van der Waals surface area contributed by atoms with Gasteiger partial charge in [0.25, 0.3) is 0 Å². The molecule has 22 heavy (non-hydrogen) atoms. The van der Waals surface area contributed by atoms with Crippen LogP contribution in [0.25, 0.3) is 0 Å². The van der Waals surface area contributed by atoms with Gasteiger partial charge in [-0.25, -0.2) is 0 Å². The molecule has 0 amide bonds. The maximum absolute atomic E-state index is 12.6. The number of rotatable bonds is 4. The Labute approximate surface area is 127 Å². The lowest BCUT2D eigenvalue weighted by Gasteiger charge is -2.10. The lowest BCUT2D eigenvalue weighted by molar-refractivity contribution is -0.137. The van der Waals surface area contributed by atoms with Crippen LogP contribution >= 0.6 is 0 Å². The molecule has 1 aromatic carbocycles. The van der Waals surface area contributed by atoms with Crippen molar-refractivity contribution >= 4 is 18.1 Å². The van der Waals surface area contributed by atoms with E-state index in [0.29, 0.717) is 5.25 Å². The van der Waals surface area contributed by atoms with Gasteiger partial charge in [0, 0.05) is 29.8 Å². The third-order valence-corrected chi connectivity index (χ3v) is 5.80. The van der Waals surface area contributed by atoms with Gasteiger partial charge >= 0.3 is 13.4 Å². The van der Waals surface area contributed by atoms with Gasteiger partial charge < -0.3 is 17.3 Å². The van der Waals surface area contributed by atoms with Gasteiger partial charge in [0.1, 0.15) is 11.0 Å². The van der Waals surface area contributed by atoms with Crippen LogP contribution < -0.4 is 0 Å². The molecule has 9 heteroatoms.